The van der Waals surface area contributed by atoms with Gasteiger partial charge >= 0.3 is 0 Å². The molecule has 0 radical (unpaired) electrons. The largest absolute Gasteiger partial charge is 0.378 e. The minimum atomic E-state index is -0.0920. The molecule has 0 unspecified atom stereocenters. The summed E-state index contributed by atoms with van der Waals surface area (Å²) < 4.78 is 0. The Morgan fingerprint density at radius 3 is 1.83 bits per heavy atom. The van der Waals surface area contributed by atoms with Crippen molar-refractivity contribution in [3.63, 3.8) is 0 Å². The van der Waals surface area contributed by atoms with Gasteiger partial charge in [0.2, 0.25) is 5.91 Å². The van der Waals surface area contributed by atoms with Crippen molar-refractivity contribution in [1.82, 2.24) is 10.6 Å². The minimum absolute atomic E-state index is 0.00816. The summed E-state index contributed by atoms with van der Waals surface area (Å²) in [5.41, 5.74) is 3.18. The molecule has 7 heteroatoms. The van der Waals surface area contributed by atoms with E-state index in [0.29, 0.717) is 24.3 Å². The molecule has 0 spiro atoms. The molecule has 0 saturated heterocycles. The van der Waals surface area contributed by atoms with Gasteiger partial charge in [0, 0.05) is 38.4 Å². The number of anilines is 1. The molecular weight excluding hydrogens is 438 g/mol. The summed E-state index contributed by atoms with van der Waals surface area (Å²) in [6.07, 6.45) is 7.37. The van der Waals surface area contributed by atoms with Crippen LogP contribution in [0.25, 0.3) is 0 Å². The van der Waals surface area contributed by atoms with Crippen LogP contribution in [-0.2, 0) is 4.79 Å². The van der Waals surface area contributed by atoms with E-state index in [-0.39, 0.29) is 17.2 Å². The van der Waals surface area contributed by atoms with Crippen molar-refractivity contribution in [2.45, 2.75) is 46.5 Å². The van der Waals surface area contributed by atoms with Gasteiger partial charge in [-0.25, -0.2) is 0 Å². The van der Waals surface area contributed by atoms with E-state index in [4.69, 9.17) is 0 Å². The maximum absolute atomic E-state index is 12.3. The van der Waals surface area contributed by atoms with Crippen LogP contribution in [0.5, 0.6) is 0 Å². The summed E-state index contributed by atoms with van der Waals surface area (Å²) in [4.78, 5) is 26.1. The van der Waals surface area contributed by atoms with Gasteiger partial charge in [-0.05, 0) is 72.9 Å². The Morgan fingerprint density at radius 2 is 1.31 bits per heavy atom. The van der Waals surface area contributed by atoms with Gasteiger partial charge in [0.05, 0.1) is 11.4 Å². The highest BCUT2D eigenvalue weighted by Gasteiger charge is 2.06. The van der Waals surface area contributed by atoms with Crippen molar-refractivity contribution in [3.8, 4) is 0 Å². The highest BCUT2D eigenvalue weighted by Crippen LogP contribution is 2.21. The minimum Gasteiger partial charge on any atom is -0.378 e. The van der Waals surface area contributed by atoms with Gasteiger partial charge in [-0.15, -0.1) is 0 Å². The molecule has 0 aliphatic rings. The Kier molecular flexibility index (Phi) is 11.1. The maximum Gasteiger partial charge on any atom is 0.251 e. The second-order valence-electron chi connectivity index (χ2n) is 9.82. The predicted octanol–water partition coefficient (Wildman–Crippen LogP) is 6.18. The van der Waals surface area contributed by atoms with E-state index in [1.165, 1.54) is 0 Å². The monoisotopic (exact) mass is 477 g/mol. The zero-order valence-electron chi connectivity index (χ0n) is 21.7. The van der Waals surface area contributed by atoms with Crippen LogP contribution in [0.2, 0.25) is 0 Å². The zero-order valence-corrected chi connectivity index (χ0v) is 21.7. The lowest BCUT2D eigenvalue weighted by Gasteiger charge is -2.11. The second kappa shape index (κ2) is 14.0. The van der Waals surface area contributed by atoms with Crippen LogP contribution < -0.4 is 15.5 Å². The number of amides is 2. The molecule has 0 heterocycles. The fourth-order valence-corrected chi connectivity index (χ4v) is 3.12. The number of hydrogen-bond acceptors (Lipinski definition) is 5. The number of benzene rings is 2. The van der Waals surface area contributed by atoms with E-state index >= 15 is 0 Å². The molecular formula is C28H39N5O2. The molecule has 0 saturated carbocycles. The molecule has 2 aromatic rings. The Morgan fingerprint density at radius 1 is 0.800 bits per heavy atom. The van der Waals surface area contributed by atoms with Gasteiger partial charge < -0.3 is 15.5 Å². The van der Waals surface area contributed by atoms with Crippen molar-refractivity contribution in [2.75, 3.05) is 32.1 Å². The van der Waals surface area contributed by atoms with Crippen molar-refractivity contribution >= 4 is 28.9 Å². The number of carbonyl (C=O) groups excluding carboxylic acids is 2. The number of azo groups is 1. The van der Waals surface area contributed by atoms with Gasteiger partial charge in [0.1, 0.15) is 0 Å². The average Bonchev–Trinajstić information content (AvgIpc) is 2.83. The SMILES string of the molecule is CN(C)c1ccc(N=Nc2ccc(C(=O)NCCCCCCNC(=O)/C=C/C(C)(C)C)cc2)cc1. The van der Waals surface area contributed by atoms with Crippen LogP contribution in [-0.4, -0.2) is 39.0 Å². The summed E-state index contributed by atoms with van der Waals surface area (Å²) in [5.74, 6) is -0.135. The third-order valence-corrected chi connectivity index (χ3v) is 5.20. The third-order valence-electron chi connectivity index (χ3n) is 5.20. The Balaban J connectivity index is 1.62. The van der Waals surface area contributed by atoms with E-state index in [9.17, 15) is 9.59 Å². The lowest BCUT2D eigenvalue weighted by Crippen LogP contribution is -2.24. The number of unbranched alkanes of at least 4 members (excludes halogenated alkanes) is 3. The van der Waals surface area contributed by atoms with E-state index in [1.54, 1.807) is 30.3 Å². The molecule has 2 aromatic carbocycles. The van der Waals surface area contributed by atoms with Crippen LogP contribution in [0, 0.1) is 5.41 Å². The first kappa shape index (κ1) is 27.8. The second-order valence-corrected chi connectivity index (χ2v) is 9.82. The fraction of sp³-hybridized carbons (Fsp3) is 0.429. The maximum atomic E-state index is 12.3. The van der Waals surface area contributed by atoms with Crippen LogP contribution in [0.4, 0.5) is 17.1 Å². The van der Waals surface area contributed by atoms with Gasteiger partial charge in [0.15, 0.2) is 0 Å². The van der Waals surface area contributed by atoms with Gasteiger partial charge in [-0.1, -0.05) is 39.7 Å². The molecule has 0 bridgehead atoms. The van der Waals surface area contributed by atoms with Crippen molar-refractivity contribution in [1.29, 1.82) is 0 Å². The summed E-state index contributed by atoms with van der Waals surface area (Å²) in [5, 5.41) is 14.4. The molecule has 0 aromatic heterocycles. The Bertz CT molecular complexity index is 988. The highest BCUT2D eigenvalue weighted by atomic mass is 16.2. The van der Waals surface area contributed by atoms with Crippen molar-refractivity contribution < 1.29 is 9.59 Å². The smallest absolute Gasteiger partial charge is 0.251 e. The third kappa shape index (κ3) is 11.5. The molecule has 0 aliphatic carbocycles. The molecule has 0 atom stereocenters. The van der Waals surface area contributed by atoms with Crippen molar-refractivity contribution in [3.05, 3.63) is 66.2 Å². The predicted molar refractivity (Wildman–Crippen MR) is 144 cm³/mol. The van der Waals surface area contributed by atoms with Gasteiger partial charge in [0.25, 0.3) is 5.91 Å². The fourth-order valence-electron chi connectivity index (χ4n) is 3.12. The molecule has 35 heavy (non-hydrogen) atoms. The quantitative estimate of drug-likeness (QED) is 0.217. The van der Waals surface area contributed by atoms with Crippen LogP contribution in [0.3, 0.4) is 0 Å². The average molecular weight is 478 g/mol. The van der Waals surface area contributed by atoms with E-state index in [2.05, 4.69) is 41.6 Å². The van der Waals surface area contributed by atoms with E-state index in [1.807, 2.05) is 49.3 Å². The van der Waals surface area contributed by atoms with Crippen molar-refractivity contribution in [2.24, 2.45) is 15.6 Å². The van der Waals surface area contributed by atoms with Crippen LogP contribution in [0.1, 0.15) is 56.8 Å². The Labute approximate surface area is 209 Å². The van der Waals surface area contributed by atoms with Gasteiger partial charge in [-0.2, -0.15) is 10.2 Å². The number of hydrogen-bond donors (Lipinski definition) is 2. The zero-order chi connectivity index (χ0) is 25.7. The highest BCUT2D eigenvalue weighted by molar-refractivity contribution is 5.94. The van der Waals surface area contributed by atoms with E-state index < -0.39 is 0 Å². The first-order valence-corrected chi connectivity index (χ1v) is 12.2. The molecule has 0 aliphatic heterocycles. The summed E-state index contributed by atoms with van der Waals surface area (Å²) in [6.45, 7) is 7.48. The summed E-state index contributed by atoms with van der Waals surface area (Å²) in [6, 6.07) is 14.9. The lowest BCUT2D eigenvalue weighted by molar-refractivity contribution is -0.116. The molecule has 2 N–H and O–H groups in total. The lowest BCUT2D eigenvalue weighted by atomic mass is 9.96. The molecule has 0 fully saturated rings. The summed E-state index contributed by atoms with van der Waals surface area (Å²) >= 11 is 0. The normalized spacial score (nSPS) is 11.7. The first-order chi connectivity index (χ1) is 16.6. The number of carbonyl (C=O) groups is 2. The van der Waals surface area contributed by atoms with Gasteiger partial charge in [-0.3, -0.25) is 9.59 Å². The van der Waals surface area contributed by atoms with E-state index in [0.717, 1.165) is 37.1 Å². The molecule has 2 rings (SSSR count). The van der Waals surface area contributed by atoms with Crippen LogP contribution >= 0.6 is 0 Å². The topological polar surface area (TPSA) is 86.2 Å². The first-order valence-electron chi connectivity index (χ1n) is 12.2. The molecule has 7 nitrogen and oxygen atoms in total. The number of rotatable bonds is 12. The standard InChI is InChI=1S/C28H39N5O2/c1-28(2,3)19-18-26(34)29-20-8-6-7-9-21-30-27(35)22-10-12-23(13-11-22)31-32-24-14-16-25(17-15-24)33(4)5/h10-19H,6-9,20-21H2,1-5H3,(H,29,34)(H,30,35)/b19-18+,32-31?. The number of nitrogens with zero attached hydrogens (tertiary/aromatic N) is 3. The summed E-state index contributed by atoms with van der Waals surface area (Å²) in [7, 11) is 3.98. The molecule has 2 amide bonds. The molecule has 188 valence electrons. The Hall–Kier alpha value is -3.48. The van der Waals surface area contributed by atoms with Crippen LogP contribution in [0.15, 0.2) is 70.9 Å². The number of nitrogens with one attached hydrogen (secondary N) is 2. The number of allylic oxidation sites excluding steroid dienone is 1.